The lowest BCUT2D eigenvalue weighted by atomic mass is 10.2. The summed E-state index contributed by atoms with van der Waals surface area (Å²) in [7, 11) is 1.52. The van der Waals surface area contributed by atoms with Gasteiger partial charge in [0.25, 0.3) is 5.56 Å². The van der Waals surface area contributed by atoms with Crippen molar-refractivity contribution in [1.29, 1.82) is 0 Å². The van der Waals surface area contributed by atoms with Crippen LogP contribution in [0.3, 0.4) is 0 Å². The second-order valence-corrected chi connectivity index (χ2v) is 8.43. The summed E-state index contributed by atoms with van der Waals surface area (Å²) in [4.78, 5) is 50.3. The molecule has 0 spiro atoms. The number of hydrogen-bond donors (Lipinski definition) is 2. The third-order valence-corrected chi connectivity index (χ3v) is 6.04. The zero-order valence-corrected chi connectivity index (χ0v) is 19.3. The first-order valence-corrected chi connectivity index (χ1v) is 11.3. The van der Waals surface area contributed by atoms with Gasteiger partial charge in [0.1, 0.15) is 17.0 Å². The first-order valence-electron chi connectivity index (χ1n) is 10.4. The Hall–Kier alpha value is -4.18. The van der Waals surface area contributed by atoms with E-state index in [-0.39, 0.29) is 19.0 Å². The standard InChI is InChI=1S/C24H22N4O5S/c1-15(29)25-17-7-9-18(10-8-17)26-21(30)14-27-19-11-12-34-22(19)23(31)28(24(27)32)13-16-5-3-4-6-20(16)33-2/h3-12H,13-14H2,1-2H3,(H,25,29)(H,26,30). The Morgan fingerprint density at radius 3 is 2.29 bits per heavy atom. The van der Waals surface area contributed by atoms with E-state index >= 15 is 0 Å². The molecule has 2 aromatic heterocycles. The van der Waals surface area contributed by atoms with Crippen LogP contribution in [0.4, 0.5) is 11.4 Å². The number of aromatic nitrogens is 2. The van der Waals surface area contributed by atoms with Gasteiger partial charge in [0.15, 0.2) is 0 Å². The molecule has 4 aromatic rings. The number of thiophene rings is 1. The van der Waals surface area contributed by atoms with Crippen molar-refractivity contribution in [2.75, 3.05) is 17.7 Å². The average Bonchev–Trinajstić information content (AvgIpc) is 3.31. The molecule has 2 heterocycles. The van der Waals surface area contributed by atoms with E-state index < -0.39 is 17.2 Å². The van der Waals surface area contributed by atoms with Crippen LogP contribution in [0.2, 0.25) is 0 Å². The summed E-state index contributed by atoms with van der Waals surface area (Å²) in [5.74, 6) is -0.0596. The molecule has 174 valence electrons. The summed E-state index contributed by atoms with van der Waals surface area (Å²) >= 11 is 1.22. The number of anilines is 2. The number of fused-ring (bicyclic) bond motifs is 1. The molecule has 0 aliphatic rings. The summed E-state index contributed by atoms with van der Waals surface area (Å²) in [5, 5.41) is 7.11. The minimum atomic E-state index is -0.585. The molecule has 9 nitrogen and oxygen atoms in total. The van der Waals surface area contributed by atoms with Crippen molar-refractivity contribution < 1.29 is 14.3 Å². The molecule has 2 aromatic carbocycles. The van der Waals surface area contributed by atoms with Crippen LogP contribution in [0.5, 0.6) is 5.75 Å². The van der Waals surface area contributed by atoms with E-state index in [2.05, 4.69) is 10.6 Å². The molecule has 0 aliphatic carbocycles. The minimum absolute atomic E-state index is 0.0156. The molecule has 0 bridgehead atoms. The highest BCUT2D eigenvalue weighted by Gasteiger charge is 2.18. The molecule has 2 amide bonds. The molecule has 0 saturated heterocycles. The van der Waals surface area contributed by atoms with Gasteiger partial charge in [0, 0.05) is 23.9 Å². The maximum absolute atomic E-state index is 13.3. The highest BCUT2D eigenvalue weighted by Crippen LogP contribution is 2.20. The maximum atomic E-state index is 13.3. The van der Waals surface area contributed by atoms with Crippen molar-refractivity contribution in [1.82, 2.24) is 9.13 Å². The Kier molecular flexibility index (Phi) is 6.60. The summed E-state index contributed by atoms with van der Waals surface area (Å²) in [6.07, 6.45) is 0. The van der Waals surface area contributed by atoms with Crippen molar-refractivity contribution >= 4 is 44.7 Å². The van der Waals surface area contributed by atoms with Crippen LogP contribution < -0.4 is 26.6 Å². The molecule has 4 rings (SSSR count). The molecule has 10 heteroatoms. The van der Waals surface area contributed by atoms with Crippen LogP contribution in [-0.2, 0) is 22.7 Å². The molecule has 0 saturated carbocycles. The molecule has 0 radical (unpaired) electrons. The van der Waals surface area contributed by atoms with E-state index in [0.717, 1.165) is 4.57 Å². The predicted molar refractivity (Wildman–Crippen MR) is 132 cm³/mol. The number of hydrogen-bond acceptors (Lipinski definition) is 6. The first kappa shape index (κ1) is 23.0. The van der Waals surface area contributed by atoms with E-state index in [0.29, 0.717) is 32.9 Å². The highest BCUT2D eigenvalue weighted by molar-refractivity contribution is 7.17. The Bertz CT molecular complexity index is 1480. The number of carbonyl (C=O) groups excluding carboxylic acids is 2. The van der Waals surface area contributed by atoms with E-state index in [1.54, 1.807) is 60.0 Å². The maximum Gasteiger partial charge on any atom is 0.332 e. The summed E-state index contributed by atoms with van der Waals surface area (Å²) in [5.41, 5.74) is 1.20. The van der Waals surface area contributed by atoms with Gasteiger partial charge < -0.3 is 15.4 Å². The number of carbonyl (C=O) groups is 2. The van der Waals surface area contributed by atoms with Crippen molar-refractivity contribution in [3.8, 4) is 5.75 Å². The van der Waals surface area contributed by atoms with Crippen LogP contribution in [0.15, 0.2) is 69.6 Å². The van der Waals surface area contributed by atoms with Gasteiger partial charge >= 0.3 is 5.69 Å². The summed E-state index contributed by atoms with van der Waals surface area (Å²) in [6.45, 7) is 1.15. The molecular formula is C24H22N4O5S. The van der Waals surface area contributed by atoms with E-state index in [1.807, 2.05) is 0 Å². The van der Waals surface area contributed by atoms with Crippen LogP contribution in [-0.4, -0.2) is 28.1 Å². The quantitative estimate of drug-likeness (QED) is 0.424. The summed E-state index contributed by atoms with van der Waals surface area (Å²) < 4.78 is 8.15. The van der Waals surface area contributed by atoms with Crippen LogP contribution in [0.25, 0.3) is 10.2 Å². The number of amides is 2. The Labute approximate surface area is 198 Å². The predicted octanol–water partition coefficient (Wildman–Crippen LogP) is 2.88. The van der Waals surface area contributed by atoms with Gasteiger partial charge in [-0.05, 0) is 41.8 Å². The third-order valence-electron chi connectivity index (χ3n) is 5.15. The number of ether oxygens (including phenoxy) is 1. The number of nitrogens with one attached hydrogen (secondary N) is 2. The number of rotatable bonds is 7. The molecule has 0 unspecified atom stereocenters. The lowest BCUT2D eigenvalue weighted by Gasteiger charge is -2.14. The van der Waals surface area contributed by atoms with Crippen molar-refractivity contribution in [2.45, 2.75) is 20.0 Å². The molecule has 0 fully saturated rings. The van der Waals surface area contributed by atoms with E-state index in [4.69, 9.17) is 4.74 Å². The van der Waals surface area contributed by atoms with Gasteiger partial charge in [-0.25, -0.2) is 4.79 Å². The average molecular weight is 479 g/mol. The largest absolute Gasteiger partial charge is 0.496 e. The summed E-state index contributed by atoms with van der Waals surface area (Å²) in [6, 6.07) is 15.4. The highest BCUT2D eigenvalue weighted by atomic mass is 32.1. The lowest BCUT2D eigenvalue weighted by molar-refractivity contribution is -0.117. The number of methoxy groups -OCH3 is 1. The second-order valence-electron chi connectivity index (χ2n) is 7.51. The van der Waals surface area contributed by atoms with E-state index in [9.17, 15) is 19.2 Å². The van der Waals surface area contributed by atoms with Crippen molar-refractivity contribution in [3.05, 3.63) is 86.4 Å². The van der Waals surface area contributed by atoms with Gasteiger partial charge in [-0.1, -0.05) is 18.2 Å². The molecule has 0 aliphatic heterocycles. The van der Waals surface area contributed by atoms with Gasteiger partial charge in [-0.3, -0.25) is 23.5 Å². The number of benzene rings is 2. The molecule has 34 heavy (non-hydrogen) atoms. The fraction of sp³-hybridized carbons (Fsp3) is 0.167. The monoisotopic (exact) mass is 478 g/mol. The first-order chi connectivity index (χ1) is 16.4. The minimum Gasteiger partial charge on any atom is -0.496 e. The van der Waals surface area contributed by atoms with Crippen LogP contribution >= 0.6 is 11.3 Å². The van der Waals surface area contributed by atoms with Gasteiger partial charge in [-0.15, -0.1) is 11.3 Å². The normalized spacial score (nSPS) is 10.8. The number of nitrogens with zero attached hydrogens (tertiary/aromatic N) is 2. The van der Waals surface area contributed by atoms with Gasteiger partial charge in [0.2, 0.25) is 11.8 Å². The third kappa shape index (κ3) is 4.76. The Morgan fingerprint density at radius 1 is 0.941 bits per heavy atom. The zero-order valence-electron chi connectivity index (χ0n) is 18.5. The zero-order chi connectivity index (χ0) is 24.2. The van der Waals surface area contributed by atoms with Gasteiger partial charge in [-0.2, -0.15) is 0 Å². The van der Waals surface area contributed by atoms with Crippen LogP contribution in [0, 0.1) is 0 Å². The topological polar surface area (TPSA) is 111 Å². The molecular weight excluding hydrogens is 456 g/mol. The lowest BCUT2D eigenvalue weighted by Crippen LogP contribution is -2.41. The number of para-hydroxylation sites is 1. The fourth-order valence-corrected chi connectivity index (χ4v) is 4.46. The second kappa shape index (κ2) is 9.75. The Morgan fingerprint density at radius 2 is 1.62 bits per heavy atom. The van der Waals surface area contributed by atoms with Crippen molar-refractivity contribution in [2.24, 2.45) is 0 Å². The van der Waals surface area contributed by atoms with Crippen LogP contribution in [0.1, 0.15) is 12.5 Å². The SMILES string of the molecule is COc1ccccc1Cn1c(=O)c2sccc2n(CC(=O)Nc2ccc(NC(C)=O)cc2)c1=O. The Balaban J connectivity index is 1.64. The fourth-order valence-electron chi connectivity index (χ4n) is 3.61. The molecule has 0 atom stereocenters. The van der Waals surface area contributed by atoms with E-state index in [1.165, 1.54) is 29.9 Å². The molecule has 2 N–H and O–H groups in total. The smallest absolute Gasteiger partial charge is 0.332 e. The van der Waals surface area contributed by atoms with Gasteiger partial charge in [0.05, 0.1) is 19.2 Å². The van der Waals surface area contributed by atoms with Crippen molar-refractivity contribution in [3.63, 3.8) is 0 Å².